The molecular formula is C17H25ClN2O2. The first-order chi connectivity index (χ1) is 10.5. The predicted octanol–water partition coefficient (Wildman–Crippen LogP) is 2.95. The monoisotopic (exact) mass is 324 g/mol. The first-order valence-electron chi connectivity index (χ1n) is 7.95. The highest BCUT2D eigenvalue weighted by Gasteiger charge is 2.22. The summed E-state index contributed by atoms with van der Waals surface area (Å²) in [5.74, 6) is 1.03. The van der Waals surface area contributed by atoms with Crippen molar-refractivity contribution in [1.82, 2.24) is 10.2 Å². The number of rotatable bonds is 6. The number of ketones is 1. The zero-order valence-corrected chi connectivity index (χ0v) is 14.4. The van der Waals surface area contributed by atoms with Gasteiger partial charge in [-0.25, -0.2) is 0 Å². The van der Waals surface area contributed by atoms with Crippen molar-refractivity contribution in [3.05, 3.63) is 28.3 Å². The molecule has 1 aromatic carbocycles. The zero-order valence-electron chi connectivity index (χ0n) is 13.6. The molecule has 2 rings (SSSR count). The van der Waals surface area contributed by atoms with Crippen LogP contribution < -0.4 is 10.1 Å². The van der Waals surface area contributed by atoms with E-state index in [-0.39, 0.29) is 11.7 Å². The number of hydrogen-bond acceptors (Lipinski definition) is 4. The molecule has 22 heavy (non-hydrogen) atoms. The number of nitrogens with one attached hydrogen (secondary N) is 1. The molecule has 1 heterocycles. The Kier molecular flexibility index (Phi) is 6.24. The van der Waals surface area contributed by atoms with Gasteiger partial charge in [-0.05, 0) is 30.5 Å². The van der Waals surface area contributed by atoms with Crippen LogP contribution in [0.4, 0.5) is 0 Å². The molecule has 0 unspecified atom stereocenters. The second-order valence-corrected chi connectivity index (χ2v) is 6.35. The third-order valence-electron chi connectivity index (χ3n) is 3.87. The van der Waals surface area contributed by atoms with E-state index in [1.54, 1.807) is 6.07 Å². The number of carbonyl (C=O) groups is 1. The molecule has 0 spiro atoms. The fraction of sp³-hybridized carbons (Fsp3) is 0.588. The Morgan fingerprint density at radius 3 is 2.64 bits per heavy atom. The third kappa shape index (κ3) is 4.22. The van der Waals surface area contributed by atoms with E-state index in [0.29, 0.717) is 29.5 Å². The molecule has 0 atom stereocenters. The van der Waals surface area contributed by atoms with Crippen molar-refractivity contribution >= 4 is 17.4 Å². The van der Waals surface area contributed by atoms with Crippen LogP contribution in [0.25, 0.3) is 0 Å². The summed E-state index contributed by atoms with van der Waals surface area (Å²) < 4.78 is 5.78. The molecule has 0 aliphatic carbocycles. The van der Waals surface area contributed by atoms with E-state index in [0.717, 1.165) is 31.7 Å². The Morgan fingerprint density at radius 2 is 2.05 bits per heavy atom. The van der Waals surface area contributed by atoms with Crippen LogP contribution >= 0.6 is 11.6 Å². The van der Waals surface area contributed by atoms with Crippen molar-refractivity contribution < 1.29 is 9.53 Å². The number of hydrogen-bond donors (Lipinski definition) is 1. The van der Waals surface area contributed by atoms with Crippen LogP contribution in [0.15, 0.2) is 12.1 Å². The lowest BCUT2D eigenvalue weighted by atomic mass is 9.97. The van der Waals surface area contributed by atoms with Crippen molar-refractivity contribution in [1.29, 1.82) is 0 Å². The minimum absolute atomic E-state index is 0.0785. The Hall–Kier alpha value is -1.10. The van der Waals surface area contributed by atoms with Gasteiger partial charge in [0.05, 0.1) is 18.7 Å². The average molecular weight is 325 g/mol. The number of piperazine rings is 1. The molecule has 1 aliphatic rings. The topological polar surface area (TPSA) is 41.6 Å². The molecule has 1 fully saturated rings. The predicted molar refractivity (Wildman–Crippen MR) is 90.4 cm³/mol. The van der Waals surface area contributed by atoms with Gasteiger partial charge in [0.15, 0.2) is 5.78 Å². The standard InChI is InChI=1S/C17H25ClN2O2/c1-4-22-17-14(12(2)3)9-13(18)10-15(17)16(21)11-20-7-5-19-6-8-20/h9-10,12,19H,4-8,11H2,1-3H3. The van der Waals surface area contributed by atoms with E-state index in [9.17, 15) is 4.79 Å². The lowest BCUT2D eigenvalue weighted by Gasteiger charge is -2.27. The quantitative estimate of drug-likeness (QED) is 0.817. The largest absolute Gasteiger partial charge is 0.493 e. The van der Waals surface area contributed by atoms with Crippen LogP contribution in [-0.4, -0.2) is 50.0 Å². The summed E-state index contributed by atoms with van der Waals surface area (Å²) in [5.41, 5.74) is 1.61. The van der Waals surface area contributed by atoms with Gasteiger partial charge in [0.25, 0.3) is 0 Å². The summed E-state index contributed by atoms with van der Waals surface area (Å²) >= 11 is 6.22. The van der Waals surface area contributed by atoms with Crippen LogP contribution in [0.2, 0.25) is 5.02 Å². The lowest BCUT2D eigenvalue weighted by Crippen LogP contribution is -2.45. The van der Waals surface area contributed by atoms with Crippen molar-refractivity contribution in [3.63, 3.8) is 0 Å². The highest BCUT2D eigenvalue weighted by atomic mass is 35.5. The smallest absolute Gasteiger partial charge is 0.180 e. The van der Waals surface area contributed by atoms with E-state index in [1.165, 1.54) is 0 Å². The second-order valence-electron chi connectivity index (χ2n) is 5.91. The van der Waals surface area contributed by atoms with Crippen molar-refractivity contribution in [2.75, 3.05) is 39.3 Å². The highest BCUT2D eigenvalue weighted by molar-refractivity contribution is 6.31. The average Bonchev–Trinajstić information content (AvgIpc) is 2.49. The molecule has 122 valence electrons. The molecule has 0 bridgehead atoms. The Morgan fingerprint density at radius 1 is 1.36 bits per heavy atom. The van der Waals surface area contributed by atoms with E-state index >= 15 is 0 Å². The number of benzene rings is 1. The zero-order chi connectivity index (χ0) is 16.1. The third-order valence-corrected chi connectivity index (χ3v) is 4.09. The van der Waals surface area contributed by atoms with Crippen molar-refractivity contribution in [2.24, 2.45) is 0 Å². The Balaban J connectivity index is 2.28. The van der Waals surface area contributed by atoms with Gasteiger partial charge in [-0.1, -0.05) is 25.4 Å². The summed E-state index contributed by atoms with van der Waals surface area (Å²) in [6.45, 7) is 10.7. The molecule has 0 aromatic heterocycles. The Bertz CT molecular complexity index is 526. The number of carbonyl (C=O) groups excluding carboxylic acids is 1. The van der Waals surface area contributed by atoms with Gasteiger partial charge in [-0.15, -0.1) is 0 Å². The molecule has 1 N–H and O–H groups in total. The number of nitrogens with zero attached hydrogens (tertiary/aromatic N) is 1. The van der Waals surface area contributed by atoms with Crippen LogP contribution in [0.1, 0.15) is 42.6 Å². The number of ether oxygens (including phenoxy) is 1. The minimum atomic E-state index is 0.0785. The van der Waals surface area contributed by atoms with Gasteiger partial charge < -0.3 is 10.1 Å². The van der Waals surface area contributed by atoms with Crippen LogP contribution in [0.3, 0.4) is 0 Å². The number of Topliss-reactive ketones (excluding diaryl/α,β-unsaturated/α-hetero) is 1. The molecule has 0 saturated carbocycles. The van der Waals surface area contributed by atoms with Crippen molar-refractivity contribution in [2.45, 2.75) is 26.7 Å². The van der Waals surface area contributed by atoms with E-state index < -0.39 is 0 Å². The van der Waals surface area contributed by atoms with Gasteiger partial charge in [-0.2, -0.15) is 0 Å². The molecule has 5 heteroatoms. The first kappa shape index (κ1) is 17.3. The fourth-order valence-electron chi connectivity index (χ4n) is 2.71. The van der Waals surface area contributed by atoms with E-state index in [1.807, 2.05) is 13.0 Å². The fourth-order valence-corrected chi connectivity index (χ4v) is 2.94. The van der Waals surface area contributed by atoms with Gasteiger partial charge in [-0.3, -0.25) is 9.69 Å². The minimum Gasteiger partial charge on any atom is -0.493 e. The van der Waals surface area contributed by atoms with E-state index in [2.05, 4.69) is 24.1 Å². The van der Waals surface area contributed by atoms with Gasteiger partial charge in [0, 0.05) is 31.2 Å². The van der Waals surface area contributed by atoms with Gasteiger partial charge >= 0.3 is 0 Å². The summed E-state index contributed by atoms with van der Waals surface area (Å²) in [7, 11) is 0. The van der Waals surface area contributed by atoms with Crippen LogP contribution in [0.5, 0.6) is 5.75 Å². The number of halogens is 1. The highest BCUT2D eigenvalue weighted by Crippen LogP contribution is 2.34. The van der Waals surface area contributed by atoms with Crippen LogP contribution in [0, 0.1) is 0 Å². The normalized spacial score (nSPS) is 16.0. The summed E-state index contributed by atoms with van der Waals surface area (Å²) in [6, 6.07) is 3.64. The molecule has 0 amide bonds. The second kappa shape index (κ2) is 7.95. The first-order valence-corrected chi connectivity index (χ1v) is 8.33. The van der Waals surface area contributed by atoms with Gasteiger partial charge in [0.2, 0.25) is 0 Å². The SMILES string of the molecule is CCOc1c(C(=O)CN2CCNCC2)cc(Cl)cc1C(C)C. The maximum absolute atomic E-state index is 12.7. The Labute approximate surface area is 137 Å². The van der Waals surface area contributed by atoms with Gasteiger partial charge in [0.1, 0.15) is 5.75 Å². The lowest BCUT2D eigenvalue weighted by molar-refractivity contribution is 0.0917. The molecule has 1 aliphatic heterocycles. The molecule has 0 radical (unpaired) electrons. The summed E-state index contributed by atoms with van der Waals surface area (Å²) in [6.07, 6.45) is 0. The van der Waals surface area contributed by atoms with Crippen molar-refractivity contribution in [3.8, 4) is 5.75 Å². The maximum atomic E-state index is 12.7. The summed E-state index contributed by atoms with van der Waals surface area (Å²) in [4.78, 5) is 14.9. The molecule has 1 aromatic rings. The van der Waals surface area contributed by atoms with E-state index in [4.69, 9.17) is 16.3 Å². The molecule has 1 saturated heterocycles. The molecule has 4 nitrogen and oxygen atoms in total. The maximum Gasteiger partial charge on any atom is 0.180 e. The molecular weight excluding hydrogens is 300 g/mol. The summed E-state index contributed by atoms with van der Waals surface area (Å²) in [5, 5.41) is 3.89. The van der Waals surface area contributed by atoms with Crippen LogP contribution in [-0.2, 0) is 0 Å².